The van der Waals surface area contributed by atoms with Gasteiger partial charge in [0.25, 0.3) is 0 Å². The van der Waals surface area contributed by atoms with Crippen molar-refractivity contribution in [3.05, 3.63) is 41.1 Å². The van der Waals surface area contributed by atoms with Gasteiger partial charge in [0.1, 0.15) is 6.54 Å². The normalized spacial score (nSPS) is 9.83. The van der Waals surface area contributed by atoms with Crippen molar-refractivity contribution in [2.45, 2.75) is 0 Å². The molecule has 1 aromatic heterocycles. The van der Waals surface area contributed by atoms with Gasteiger partial charge < -0.3 is 4.90 Å². The number of nitrogens with zero attached hydrogens (tertiary/aromatic N) is 4. The zero-order valence-electron chi connectivity index (χ0n) is 9.84. The first kappa shape index (κ1) is 12.5. The molecule has 4 nitrogen and oxygen atoms in total. The van der Waals surface area contributed by atoms with E-state index < -0.39 is 0 Å². The molecule has 0 aliphatic carbocycles. The van der Waals surface area contributed by atoms with Crippen LogP contribution in [0.15, 0.2) is 41.1 Å². The Labute approximate surface area is 114 Å². The van der Waals surface area contributed by atoms with E-state index >= 15 is 0 Å². The van der Waals surface area contributed by atoms with E-state index in [-0.39, 0.29) is 6.54 Å². The van der Waals surface area contributed by atoms with Gasteiger partial charge in [0, 0.05) is 29.5 Å². The van der Waals surface area contributed by atoms with Crippen LogP contribution in [0.5, 0.6) is 0 Å². The third-order valence-electron chi connectivity index (χ3n) is 2.47. The van der Waals surface area contributed by atoms with Crippen LogP contribution in [0.25, 0.3) is 11.1 Å². The van der Waals surface area contributed by atoms with Crippen LogP contribution >= 0.6 is 15.9 Å². The number of hydrogen-bond acceptors (Lipinski definition) is 4. The average Bonchev–Trinajstić information content (AvgIpc) is 2.40. The molecule has 0 bridgehead atoms. The molecule has 0 aliphatic heterocycles. The van der Waals surface area contributed by atoms with Crippen LogP contribution < -0.4 is 4.90 Å². The minimum Gasteiger partial charge on any atom is -0.331 e. The quantitative estimate of drug-likeness (QED) is 0.818. The van der Waals surface area contributed by atoms with Crippen LogP contribution in [0.4, 0.5) is 5.95 Å². The minimum atomic E-state index is 0.272. The Morgan fingerprint density at radius 3 is 2.56 bits per heavy atom. The van der Waals surface area contributed by atoms with Crippen molar-refractivity contribution >= 4 is 21.9 Å². The highest BCUT2D eigenvalue weighted by molar-refractivity contribution is 9.10. The van der Waals surface area contributed by atoms with E-state index in [9.17, 15) is 0 Å². The summed E-state index contributed by atoms with van der Waals surface area (Å²) in [5, 5.41) is 8.61. The molecule has 2 rings (SSSR count). The van der Waals surface area contributed by atoms with Gasteiger partial charge in [0.2, 0.25) is 5.95 Å². The molecule has 18 heavy (non-hydrogen) atoms. The maximum Gasteiger partial charge on any atom is 0.225 e. The predicted octanol–water partition coefficient (Wildman–Crippen LogP) is 2.87. The van der Waals surface area contributed by atoms with E-state index in [0.29, 0.717) is 5.95 Å². The summed E-state index contributed by atoms with van der Waals surface area (Å²) in [6.45, 7) is 0.272. The summed E-state index contributed by atoms with van der Waals surface area (Å²) in [6, 6.07) is 9.97. The molecule has 0 saturated carbocycles. The molecule has 0 spiro atoms. The summed E-state index contributed by atoms with van der Waals surface area (Å²) in [4.78, 5) is 10.2. The number of nitriles is 1. The number of rotatable bonds is 3. The van der Waals surface area contributed by atoms with E-state index in [0.717, 1.165) is 15.6 Å². The molecule has 2 aromatic rings. The number of aromatic nitrogens is 2. The number of anilines is 1. The maximum atomic E-state index is 8.61. The van der Waals surface area contributed by atoms with Crippen LogP contribution in [-0.2, 0) is 0 Å². The van der Waals surface area contributed by atoms with Crippen molar-refractivity contribution in [2.24, 2.45) is 0 Å². The minimum absolute atomic E-state index is 0.272. The monoisotopic (exact) mass is 302 g/mol. The molecule has 0 saturated heterocycles. The Morgan fingerprint density at radius 1 is 1.28 bits per heavy atom. The smallest absolute Gasteiger partial charge is 0.225 e. The maximum absolute atomic E-state index is 8.61. The van der Waals surface area contributed by atoms with E-state index in [1.165, 1.54) is 0 Å². The second kappa shape index (κ2) is 5.61. The predicted molar refractivity (Wildman–Crippen MR) is 74.1 cm³/mol. The third-order valence-corrected chi connectivity index (χ3v) is 3.16. The second-order valence-corrected chi connectivity index (χ2v) is 4.62. The molecular formula is C13H11BrN4. The van der Waals surface area contributed by atoms with Crippen molar-refractivity contribution in [1.82, 2.24) is 9.97 Å². The van der Waals surface area contributed by atoms with Crippen LogP contribution in [0.1, 0.15) is 0 Å². The van der Waals surface area contributed by atoms with Crippen molar-refractivity contribution in [1.29, 1.82) is 5.26 Å². The van der Waals surface area contributed by atoms with Gasteiger partial charge in [0.05, 0.1) is 6.07 Å². The fraction of sp³-hybridized carbons (Fsp3) is 0.154. The molecule has 0 atom stereocenters. The van der Waals surface area contributed by atoms with Crippen LogP contribution in [0, 0.1) is 11.3 Å². The summed E-state index contributed by atoms with van der Waals surface area (Å²) in [5.74, 6) is 0.548. The molecule has 1 heterocycles. The standard InChI is InChI=1S/C13H11BrN4/c1-18(7-6-15)13-16-8-10(9-17-13)11-4-2-3-5-12(11)14/h2-5,8-9H,7H2,1H3. The van der Waals surface area contributed by atoms with Gasteiger partial charge in [-0.3, -0.25) is 0 Å². The lowest BCUT2D eigenvalue weighted by Gasteiger charge is -2.12. The van der Waals surface area contributed by atoms with Crippen molar-refractivity contribution in [2.75, 3.05) is 18.5 Å². The highest BCUT2D eigenvalue weighted by Crippen LogP contribution is 2.27. The fourth-order valence-electron chi connectivity index (χ4n) is 1.53. The fourth-order valence-corrected chi connectivity index (χ4v) is 2.04. The molecule has 0 aliphatic rings. The first-order valence-electron chi connectivity index (χ1n) is 5.37. The Balaban J connectivity index is 2.29. The molecule has 1 aromatic carbocycles. The summed E-state index contributed by atoms with van der Waals surface area (Å²) in [6.07, 6.45) is 3.52. The third kappa shape index (κ3) is 2.66. The first-order chi connectivity index (χ1) is 8.72. The van der Waals surface area contributed by atoms with Crippen LogP contribution in [-0.4, -0.2) is 23.6 Å². The Kier molecular flexibility index (Phi) is 3.90. The van der Waals surface area contributed by atoms with E-state index in [1.807, 2.05) is 24.3 Å². The SMILES string of the molecule is CN(CC#N)c1ncc(-c2ccccc2Br)cn1. The Hall–Kier alpha value is -1.93. The lowest BCUT2D eigenvalue weighted by Crippen LogP contribution is -2.19. The highest BCUT2D eigenvalue weighted by Gasteiger charge is 2.06. The lowest BCUT2D eigenvalue weighted by atomic mass is 10.1. The average molecular weight is 303 g/mol. The summed E-state index contributed by atoms with van der Waals surface area (Å²) >= 11 is 3.50. The summed E-state index contributed by atoms with van der Waals surface area (Å²) in [5.41, 5.74) is 1.99. The molecule has 0 N–H and O–H groups in total. The number of halogens is 1. The zero-order chi connectivity index (χ0) is 13.0. The largest absolute Gasteiger partial charge is 0.331 e. The van der Waals surface area contributed by atoms with Crippen molar-refractivity contribution in [3.63, 3.8) is 0 Å². The summed E-state index contributed by atoms with van der Waals surface area (Å²) in [7, 11) is 1.79. The van der Waals surface area contributed by atoms with Gasteiger partial charge in [-0.25, -0.2) is 9.97 Å². The van der Waals surface area contributed by atoms with Gasteiger partial charge >= 0.3 is 0 Å². The van der Waals surface area contributed by atoms with Gasteiger partial charge in [-0.05, 0) is 11.6 Å². The van der Waals surface area contributed by atoms with E-state index in [4.69, 9.17) is 5.26 Å². The van der Waals surface area contributed by atoms with Crippen LogP contribution in [0.2, 0.25) is 0 Å². The highest BCUT2D eigenvalue weighted by atomic mass is 79.9. The Bertz CT molecular complexity index is 574. The number of benzene rings is 1. The molecule has 0 fully saturated rings. The van der Waals surface area contributed by atoms with Gasteiger partial charge in [-0.2, -0.15) is 5.26 Å². The second-order valence-electron chi connectivity index (χ2n) is 3.77. The van der Waals surface area contributed by atoms with E-state index in [2.05, 4.69) is 32.0 Å². The van der Waals surface area contributed by atoms with E-state index in [1.54, 1.807) is 24.3 Å². The zero-order valence-corrected chi connectivity index (χ0v) is 11.4. The topological polar surface area (TPSA) is 52.8 Å². The molecule has 0 radical (unpaired) electrons. The molecular weight excluding hydrogens is 292 g/mol. The first-order valence-corrected chi connectivity index (χ1v) is 6.16. The molecule has 0 amide bonds. The van der Waals surface area contributed by atoms with Crippen molar-refractivity contribution < 1.29 is 0 Å². The molecule has 0 unspecified atom stereocenters. The van der Waals surface area contributed by atoms with Crippen molar-refractivity contribution in [3.8, 4) is 17.2 Å². The van der Waals surface area contributed by atoms with Crippen LogP contribution in [0.3, 0.4) is 0 Å². The lowest BCUT2D eigenvalue weighted by molar-refractivity contribution is 0.947. The summed E-state index contributed by atoms with van der Waals surface area (Å²) < 4.78 is 1.01. The Morgan fingerprint density at radius 2 is 1.94 bits per heavy atom. The number of hydrogen-bond donors (Lipinski definition) is 0. The van der Waals surface area contributed by atoms with Gasteiger partial charge in [-0.1, -0.05) is 34.1 Å². The molecule has 5 heteroatoms. The molecule has 90 valence electrons. The van der Waals surface area contributed by atoms with Gasteiger partial charge in [0.15, 0.2) is 0 Å². The van der Waals surface area contributed by atoms with Gasteiger partial charge in [-0.15, -0.1) is 0 Å².